The fourth-order valence-electron chi connectivity index (χ4n) is 2.91. The van der Waals surface area contributed by atoms with Crippen LogP contribution in [0.3, 0.4) is 0 Å². The summed E-state index contributed by atoms with van der Waals surface area (Å²) in [7, 11) is 2.16. The van der Waals surface area contributed by atoms with Crippen LogP contribution in [-0.2, 0) is 4.79 Å². The summed E-state index contributed by atoms with van der Waals surface area (Å²) in [6, 6.07) is 0.546. The average Bonchev–Trinajstić information content (AvgIpc) is 2.39. The van der Waals surface area contributed by atoms with Gasteiger partial charge >= 0.3 is 0 Å². The van der Waals surface area contributed by atoms with Gasteiger partial charge in [-0.1, -0.05) is 6.92 Å². The lowest BCUT2D eigenvalue weighted by atomic mass is 9.97. The maximum absolute atomic E-state index is 12.4. The van der Waals surface area contributed by atoms with Gasteiger partial charge < -0.3 is 10.2 Å². The Morgan fingerprint density at radius 3 is 2.88 bits per heavy atom. The smallest absolute Gasteiger partial charge is 0.227 e. The monoisotopic (exact) mass is 239 g/mol. The first-order valence-electron chi connectivity index (χ1n) is 6.92. The number of piperidine rings is 1. The summed E-state index contributed by atoms with van der Waals surface area (Å²) < 4.78 is 0. The number of hydrogen-bond acceptors (Lipinski definition) is 3. The molecule has 0 bridgehead atoms. The highest BCUT2D eigenvalue weighted by atomic mass is 16.2. The van der Waals surface area contributed by atoms with Crippen LogP contribution in [0.5, 0.6) is 0 Å². The molecule has 17 heavy (non-hydrogen) atoms. The predicted molar refractivity (Wildman–Crippen MR) is 68.9 cm³/mol. The Bertz CT molecular complexity index is 263. The molecule has 1 amide bonds. The van der Waals surface area contributed by atoms with Crippen molar-refractivity contribution in [2.75, 3.05) is 39.8 Å². The van der Waals surface area contributed by atoms with Gasteiger partial charge in [0.1, 0.15) is 0 Å². The van der Waals surface area contributed by atoms with Gasteiger partial charge in [0.25, 0.3) is 0 Å². The van der Waals surface area contributed by atoms with Gasteiger partial charge in [-0.15, -0.1) is 0 Å². The van der Waals surface area contributed by atoms with Crippen molar-refractivity contribution in [1.29, 1.82) is 0 Å². The highest BCUT2D eigenvalue weighted by Gasteiger charge is 2.30. The second kappa shape index (κ2) is 5.83. The van der Waals surface area contributed by atoms with Crippen molar-refractivity contribution >= 4 is 5.91 Å². The molecule has 2 atom stereocenters. The van der Waals surface area contributed by atoms with E-state index >= 15 is 0 Å². The first-order chi connectivity index (χ1) is 8.22. The van der Waals surface area contributed by atoms with E-state index in [0.717, 1.165) is 52.0 Å². The Labute approximate surface area is 104 Å². The van der Waals surface area contributed by atoms with Crippen molar-refractivity contribution in [3.05, 3.63) is 0 Å². The molecule has 0 aromatic carbocycles. The van der Waals surface area contributed by atoms with E-state index in [4.69, 9.17) is 0 Å². The molecule has 2 heterocycles. The topological polar surface area (TPSA) is 35.6 Å². The fraction of sp³-hybridized carbons (Fsp3) is 0.923. The van der Waals surface area contributed by atoms with E-state index in [9.17, 15) is 4.79 Å². The molecule has 0 radical (unpaired) electrons. The lowest BCUT2D eigenvalue weighted by molar-refractivity contribution is -0.138. The predicted octanol–water partition coefficient (Wildman–Crippen LogP) is 0.539. The Hall–Kier alpha value is -0.610. The quantitative estimate of drug-likeness (QED) is 0.764. The Morgan fingerprint density at radius 2 is 2.24 bits per heavy atom. The summed E-state index contributed by atoms with van der Waals surface area (Å²) in [5, 5.41) is 3.33. The van der Waals surface area contributed by atoms with Crippen molar-refractivity contribution in [3.63, 3.8) is 0 Å². The van der Waals surface area contributed by atoms with Crippen LogP contribution in [0.15, 0.2) is 0 Å². The van der Waals surface area contributed by atoms with Gasteiger partial charge in [-0.05, 0) is 32.9 Å². The summed E-state index contributed by atoms with van der Waals surface area (Å²) in [6.07, 6.45) is 3.33. The molecule has 98 valence electrons. The van der Waals surface area contributed by atoms with Crippen LogP contribution in [-0.4, -0.2) is 61.5 Å². The van der Waals surface area contributed by atoms with Gasteiger partial charge in [-0.25, -0.2) is 0 Å². The number of amides is 1. The number of carbonyl (C=O) groups excluding carboxylic acids is 1. The van der Waals surface area contributed by atoms with Crippen molar-refractivity contribution in [2.45, 2.75) is 32.2 Å². The molecule has 1 unspecified atom stereocenters. The van der Waals surface area contributed by atoms with E-state index in [1.807, 2.05) is 0 Å². The molecule has 0 spiro atoms. The molecule has 0 aromatic rings. The minimum Gasteiger partial charge on any atom is -0.340 e. The van der Waals surface area contributed by atoms with E-state index in [1.54, 1.807) is 0 Å². The number of rotatable bonds is 2. The summed E-state index contributed by atoms with van der Waals surface area (Å²) in [5.41, 5.74) is 0. The summed E-state index contributed by atoms with van der Waals surface area (Å²) in [4.78, 5) is 16.9. The third kappa shape index (κ3) is 2.99. The maximum atomic E-state index is 12.4. The van der Waals surface area contributed by atoms with E-state index in [2.05, 4.69) is 29.1 Å². The fourth-order valence-corrected chi connectivity index (χ4v) is 2.91. The molecule has 2 fully saturated rings. The van der Waals surface area contributed by atoms with E-state index < -0.39 is 0 Å². The first kappa shape index (κ1) is 12.8. The molecule has 2 rings (SSSR count). The summed E-state index contributed by atoms with van der Waals surface area (Å²) in [6.45, 7) is 7.00. The molecule has 1 N–H and O–H groups in total. The van der Waals surface area contributed by atoms with Crippen LogP contribution in [0.1, 0.15) is 26.2 Å². The highest BCUT2D eigenvalue weighted by molar-refractivity contribution is 5.79. The van der Waals surface area contributed by atoms with Gasteiger partial charge in [-0.2, -0.15) is 0 Å². The Balaban J connectivity index is 1.90. The number of piperazine rings is 1. The number of nitrogens with one attached hydrogen (secondary N) is 1. The van der Waals surface area contributed by atoms with Crippen LogP contribution in [0.2, 0.25) is 0 Å². The second-order valence-electron chi connectivity index (χ2n) is 5.37. The average molecular weight is 239 g/mol. The number of likely N-dealkylation sites (N-methyl/N-ethyl adjacent to an activating group) is 1. The molecule has 4 nitrogen and oxygen atoms in total. The standard InChI is InChI=1S/C13H25N3O/c1-3-12-10-16(8-7-15(12)2)13(17)11-5-4-6-14-9-11/h11-12,14H,3-10H2,1-2H3/t11-,12?/m1/s1. The molecule has 2 aliphatic heterocycles. The summed E-state index contributed by atoms with van der Waals surface area (Å²) in [5.74, 6) is 0.605. The number of nitrogens with zero attached hydrogens (tertiary/aromatic N) is 2. The van der Waals surface area contributed by atoms with Crippen molar-refractivity contribution < 1.29 is 4.79 Å². The molecule has 0 saturated carbocycles. The Morgan fingerprint density at radius 1 is 1.41 bits per heavy atom. The largest absolute Gasteiger partial charge is 0.340 e. The van der Waals surface area contributed by atoms with Gasteiger partial charge in [-0.3, -0.25) is 9.69 Å². The van der Waals surface area contributed by atoms with Crippen LogP contribution in [0.25, 0.3) is 0 Å². The number of carbonyl (C=O) groups is 1. The third-order valence-corrected chi connectivity index (χ3v) is 4.21. The third-order valence-electron chi connectivity index (χ3n) is 4.21. The van der Waals surface area contributed by atoms with Crippen LogP contribution < -0.4 is 5.32 Å². The first-order valence-corrected chi connectivity index (χ1v) is 6.92. The minimum atomic E-state index is 0.227. The number of hydrogen-bond donors (Lipinski definition) is 1. The van der Waals surface area contributed by atoms with Crippen molar-refractivity contribution in [1.82, 2.24) is 15.1 Å². The van der Waals surface area contributed by atoms with Gasteiger partial charge in [0.15, 0.2) is 0 Å². The normalized spacial score (nSPS) is 31.5. The molecule has 2 saturated heterocycles. The lowest BCUT2D eigenvalue weighted by Crippen LogP contribution is -2.55. The van der Waals surface area contributed by atoms with Crippen LogP contribution in [0, 0.1) is 5.92 Å². The van der Waals surface area contributed by atoms with Crippen molar-refractivity contribution in [3.8, 4) is 0 Å². The van der Waals surface area contributed by atoms with E-state index in [0.29, 0.717) is 11.9 Å². The SMILES string of the molecule is CCC1CN(C(=O)[C@@H]2CCCNC2)CCN1C. The molecular formula is C13H25N3O. The van der Waals surface area contributed by atoms with Gasteiger partial charge in [0.05, 0.1) is 5.92 Å². The zero-order valence-corrected chi connectivity index (χ0v) is 11.1. The lowest BCUT2D eigenvalue weighted by Gasteiger charge is -2.40. The van der Waals surface area contributed by atoms with Gasteiger partial charge in [0, 0.05) is 32.2 Å². The van der Waals surface area contributed by atoms with Crippen LogP contribution >= 0.6 is 0 Å². The van der Waals surface area contributed by atoms with Crippen molar-refractivity contribution in [2.24, 2.45) is 5.92 Å². The van der Waals surface area contributed by atoms with E-state index in [-0.39, 0.29) is 5.92 Å². The molecule has 2 aliphatic rings. The molecule has 0 aliphatic carbocycles. The minimum absolute atomic E-state index is 0.227. The summed E-state index contributed by atoms with van der Waals surface area (Å²) >= 11 is 0. The highest BCUT2D eigenvalue weighted by Crippen LogP contribution is 2.17. The van der Waals surface area contributed by atoms with E-state index in [1.165, 1.54) is 0 Å². The Kier molecular flexibility index (Phi) is 4.40. The zero-order chi connectivity index (χ0) is 12.3. The van der Waals surface area contributed by atoms with Crippen LogP contribution in [0.4, 0.5) is 0 Å². The molecule has 0 aromatic heterocycles. The molecular weight excluding hydrogens is 214 g/mol. The zero-order valence-electron chi connectivity index (χ0n) is 11.1. The second-order valence-corrected chi connectivity index (χ2v) is 5.37. The maximum Gasteiger partial charge on any atom is 0.227 e. The molecule has 4 heteroatoms. The van der Waals surface area contributed by atoms with Gasteiger partial charge in [0.2, 0.25) is 5.91 Å².